The molecule has 1 aromatic heterocycles. The summed E-state index contributed by atoms with van der Waals surface area (Å²) in [5.74, 6) is -0.123. The molecule has 2 rings (SSSR count). The van der Waals surface area contributed by atoms with E-state index in [-0.39, 0.29) is 6.61 Å². The molecule has 20 heavy (non-hydrogen) atoms. The number of ether oxygens (including phenoxy) is 2. The molecule has 0 saturated heterocycles. The molecule has 4 nitrogen and oxygen atoms in total. The number of hydrogen-bond acceptors (Lipinski definition) is 4. The number of halogens is 2. The molecule has 0 aliphatic heterocycles. The van der Waals surface area contributed by atoms with Crippen molar-refractivity contribution >= 4 is 40.1 Å². The fourth-order valence-corrected chi connectivity index (χ4v) is 2.33. The first-order chi connectivity index (χ1) is 9.52. The maximum atomic E-state index is 11.4. The summed E-state index contributed by atoms with van der Waals surface area (Å²) >= 11 is 12.2. The summed E-state index contributed by atoms with van der Waals surface area (Å²) in [5.41, 5.74) is 1.34. The Morgan fingerprint density at radius 2 is 2.05 bits per heavy atom. The number of hydrogen-bond donors (Lipinski definition) is 0. The van der Waals surface area contributed by atoms with E-state index in [0.29, 0.717) is 27.9 Å². The lowest BCUT2D eigenvalue weighted by Gasteiger charge is -2.11. The molecular formula is C14H13Cl2NO3. The molecule has 0 spiro atoms. The number of rotatable bonds is 4. The van der Waals surface area contributed by atoms with Gasteiger partial charge in [0.2, 0.25) is 0 Å². The van der Waals surface area contributed by atoms with Crippen LogP contribution in [0.5, 0.6) is 5.75 Å². The minimum atomic E-state index is -0.459. The average Bonchev–Trinajstić information content (AvgIpc) is 2.38. The van der Waals surface area contributed by atoms with Gasteiger partial charge in [-0.3, -0.25) is 0 Å². The van der Waals surface area contributed by atoms with Crippen molar-refractivity contribution in [3.8, 4) is 5.75 Å². The van der Waals surface area contributed by atoms with Crippen LogP contribution >= 0.6 is 23.2 Å². The van der Waals surface area contributed by atoms with Crippen LogP contribution in [0.2, 0.25) is 10.0 Å². The maximum absolute atomic E-state index is 11.4. The van der Waals surface area contributed by atoms with Gasteiger partial charge < -0.3 is 9.47 Å². The van der Waals surface area contributed by atoms with E-state index in [0.717, 1.165) is 11.1 Å². The van der Waals surface area contributed by atoms with Crippen LogP contribution in [0.1, 0.15) is 12.6 Å². The lowest BCUT2D eigenvalue weighted by atomic mass is 10.2. The number of aryl methyl sites for hydroxylation is 1. The predicted molar refractivity (Wildman–Crippen MR) is 78.6 cm³/mol. The van der Waals surface area contributed by atoms with E-state index < -0.39 is 5.97 Å². The van der Waals surface area contributed by atoms with E-state index in [1.807, 2.05) is 19.1 Å². The summed E-state index contributed by atoms with van der Waals surface area (Å²) in [6, 6.07) is 5.26. The minimum Gasteiger partial charge on any atom is -0.478 e. The molecule has 1 heterocycles. The second kappa shape index (κ2) is 6.29. The van der Waals surface area contributed by atoms with Crippen LogP contribution in [0.4, 0.5) is 0 Å². The SMILES string of the molecule is CCOC(=O)COc1c(Cl)cc(Cl)c2ccc(C)nc12. The van der Waals surface area contributed by atoms with Crippen molar-refractivity contribution in [3.63, 3.8) is 0 Å². The van der Waals surface area contributed by atoms with E-state index in [2.05, 4.69) is 4.98 Å². The van der Waals surface area contributed by atoms with Crippen LogP contribution < -0.4 is 4.74 Å². The molecule has 0 atom stereocenters. The molecule has 0 aliphatic rings. The first-order valence-corrected chi connectivity index (χ1v) is 6.82. The molecule has 0 saturated carbocycles. The Balaban J connectivity index is 2.41. The van der Waals surface area contributed by atoms with Gasteiger partial charge in [0.05, 0.1) is 16.7 Å². The van der Waals surface area contributed by atoms with Gasteiger partial charge in [-0.05, 0) is 32.0 Å². The number of nitrogens with zero attached hydrogens (tertiary/aromatic N) is 1. The zero-order valence-corrected chi connectivity index (χ0v) is 12.6. The van der Waals surface area contributed by atoms with E-state index in [4.69, 9.17) is 32.7 Å². The van der Waals surface area contributed by atoms with Gasteiger partial charge in [-0.25, -0.2) is 9.78 Å². The number of fused-ring (bicyclic) bond motifs is 1. The zero-order chi connectivity index (χ0) is 14.7. The molecule has 6 heteroatoms. The third-order valence-electron chi connectivity index (χ3n) is 2.62. The molecule has 0 fully saturated rings. The van der Waals surface area contributed by atoms with E-state index >= 15 is 0 Å². The molecule has 2 aromatic rings. The highest BCUT2D eigenvalue weighted by molar-refractivity contribution is 6.39. The second-order valence-corrected chi connectivity index (χ2v) is 4.93. The summed E-state index contributed by atoms with van der Waals surface area (Å²) in [5, 5.41) is 1.52. The normalized spacial score (nSPS) is 10.6. The van der Waals surface area contributed by atoms with Crippen molar-refractivity contribution in [2.24, 2.45) is 0 Å². The highest BCUT2D eigenvalue weighted by atomic mass is 35.5. The highest BCUT2D eigenvalue weighted by Gasteiger charge is 2.14. The molecular weight excluding hydrogens is 301 g/mol. The molecule has 1 aromatic carbocycles. The Bertz CT molecular complexity index is 658. The first kappa shape index (κ1) is 14.9. The molecule has 0 radical (unpaired) electrons. The van der Waals surface area contributed by atoms with Crippen molar-refractivity contribution in [2.75, 3.05) is 13.2 Å². The van der Waals surface area contributed by atoms with Crippen LogP contribution in [0.3, 0.4) is 0 Å². The van der Waals surface area contributed by atoms with Gasteiger partial charge in [0.15, 0.2) is 12.4 Å². The van der Waals surface area contributed by atoms with Crippen molar-refractivity contribution in [1.29, 1.82) is 0 Å². The first-order valence-electron chi connectivity index (χ1n) is 6.06. The van der Waals surface area contributed by atoms with Gasteiger partial charge in [0.25, 0.3) is 0 Å². The lowest BCUT2D eigenvalue weighted by Crippen LogP contribution is -2.15. The zero-order valence-electron chi connectivity index (χ0n) is 11.1. The van der Waals surface area contributed by atoms with E-state index in [1.54, 1.807) is 13.0 Å². The van der Waals surface area contributed by atoms with Crippen LogP contribution in [0.25, 0.3) is 10.9 Å². The summed E-state index contributed by atoms with van der Waals surface area (Å²) < 4.78 is 10.3. The maximum Gasteiger partial charge on any atom is 0.344 e. The monoisotopic (exact) mass is 313 g/mol. The number of carbonyl (C=O) groups excluding carboxylic acids is 1. The lowest BCUT2D eigenvalue weighted by molar-refractivity contribution is -0.145. The van der Waals surface area contributed by atoms with Gasteiger partial charge in [0.1, 0.15) is 5.52 Å². The van der Waals surface area contributed by atoms with Crippen LogP contribution in [-0.2, 0) is 9.53 Å². The predicted octanol–water partition coefficient (Wildman–Crippen LogP) is 3.79. The number of pyridine rings is 1. The molecule has 0 unspecified atom stereocenters. The van der Waals surface area contributed by atoms with Crippen molar-refractivity contribution in [2.45, 2.75) is 13.8 Å². The fourth-order valence-electron chi connectivity index (χ4n) is 1.76. The number of benzene rings is 1. The molecule has 0 N–H and O–H groups in total. The topological polar surface area (TPSA) is 48.4 Å². The van der Waals surface area contributed by atoms with Crippen molar-refractivity contribution in [1.82, 2.24) is 4.98 Å². The highest BCUT2D eigenvalue weighted by Crippen LogP contribution is 2.37. The fraction of sp³-hybridized carbons (Fsp3) is 0.286. The largest absolute Gasteiger partial charge is 0.478 e. The van der Waals surface area contributed by atoms with Gasteiger partial charge in [-0.15, -0.1) is 0 Å². The number of aromatic nitrogens is 1. The average molecular weight is 314 g/mol. The Morgan fingerprint density at radius 1 is 1.30 bits per heavy atom. The third-order valence-corrected chi connectivity index (χ3v) is 3.21. The summed E-state index contributed by atoms with van der Waals surface area (Å²) in [4.78, 5) is 15.7. The molecule has 0 amide bonds. The van der Waals surface area contributed by atoms with Crippen LogP contribution in [0, 0.1) is 6.92 Å². The summed E-state index contributed by atoms with van der Waals surface area (Å²) in [7, 11) is 0. The summed E-state index contributed by atoms with van der Waals surface area (Å²) in [6.45, 7) is 3.66. The Kier molecular flexibility index (Phi) is 4.68. The van der Waals surface area contributed by atoms with Gasteiger partial charge >= 0.3 is 5.97 Å². The molecule has 0 aliphatic carbocycles. The Labute approximate surface area is 126 Å². The van der Waals surface area contributed by atoms with Gasteiger partial charge in [-0.2, -0.15) is 0 Å². The quantitative estimate of drug-likeness (QED) is 0.806. The van der Waals surface area contributed by atoms with Crippen LogP contribution in [-0.4, -0.2) is 24.2 Å². The number of carbonyl (C=O) groups is 1. The van der Waals surface area contributed by atoms with E-state index in [1.165, 1.54) is 0 Å². The molecule has 106 valence electrons. The van der Waals surface area contributed by atoms with E-state index in [9.17, 15) is 4.79 Å². The second-order valence-electron chi connectivity index (χ2n) is 4.11. The smallest absolute Gasteiger partial charge is 0.344 e. The van der Waals surface area contributed by atoms with Crippen LogP contribution in [0.15, 0.2) is 18.2 Å². The molecule has 0 bridgehead atoms. The minimum absolute atomic E-state index is 0.222. The number of esters is 1. The van der Waals surface area contributed by atoms with Crippen molar-refractivity contribution in [3.05, 3.63) is 33.9 Å². The third kappa shape index (κ3) is 3.14. The summed E-state index contributed by atoms with van der Waals surface area (Å²) in [6.07, 6.45) is 0. The van der Waals surface area contributed by atoms with Gasteiger partial charge in [-0.1, -0.05) is 23.2 Å². The standard InChI is InChI=1S/C14H13Cl2NO3/c1-3-19-12(18)7-20-14-11(16)6-10(15)9-5-4-8(2)17-13(9)14/h4-6H,3,7H2,1-2H3. The Morgan fingerprint density at radius 3 is 2.75 bits per heavy atom. The van der Waals surface area contributed by atoms with Crippen molar-refractivity contribution < 1.29 is 14.3 Å². The van der Waals surface area contributed by atoms with Gasteiger partial charge in [0, 0.05) is 11.1 Å². The Hall–Kier alpha value is -1.52.